The van der Waals surface area contributed by atoms with Gasteiger partial charge in [-0.15, -0.1) is 0 Å². The normalized spacial score (nSPS) is 24.2. The zero-order valence-electron chi connectivity index (χ0n) is 7.31. The Hall–Kier alpha value is -0.390. The highest BCUT2D eigenvalue weighted by Crippen LogP contribution is 2.29. The second kappa shape index (κ2) is 3.08. The van der Waals surface area contributed by atoms with Crippen LogP contribution in [-0.4, -0.2) is 22.7 Å². The van der Waals surface area contributed by atoms with E-state index in [1.165, 1.54) is 0 Å². The van der Waals surface area contributed by atoms with Crippen molar-refractivity contribution in [1.82, 2.24) is 5.43 Å². The summed E-state index contributed by atoms with van der Waals surface area (Å²) < 4.78 is 35.9. The number of thiol groups is 1. The molecule has 0 aromatic carbocycles. The molecule has 0 radical (unpaired) electrons. The lowest BCUT2D eigenvalue weighted by Crippen LogP contribution is -2.38. The van der Waals surface area contributed by atoms with Crippen molar-refractivity contribution in [2.45, 2.75) is 37.2 Å². The summed E-state index contributed by atoms with van der Waals surface area (Å²) in [6.07, 6.45) is -4.43. The summed E-state index contributed by atoms with van der Waals surface area (Å²) >= 11 is 4.18. The third-order valence-corrected chi connectivity index (χ3v) is 2.24. The molecule has 2 nitrogen and oxygen atoms in total. The molecule has 0 saturated carbocycles. The summed E-state index contributed by atoms with van der Waals surface area (Å²) in [6, 6.07) is -0.354. The maximum atomic E-state index is 12.1. The first-order chi connectivity index (χ1) is 5.71. The van der Waals surface area contributed by atoms with Gasteiger partial charge in [0.05, 0.1) is 6.04 Å². The fourth-order valence-corrected chi connectivity index (χ4v) is 1.18. The first kappa shape index (κ1) is 10.7. The van der Waals surface area contributed by atoms with Crippen molar-refractivity contribution in [1.29, 1.82) is 0 Å². The Balaban J connectivity index is 2.63. The minimum absolute atomic E-state index is 0.111. The number of halogens is 3. The van der Waals surface area contributed by atoms with E-state index in [4.69, 9.17) is 0 Å². The predicted molar refractivity (Wildman–Crippen MR) is 48.1 cm³/mol. The Bertz CT molecular complexity index is 229. The molecule has 1 atom stereocenters. The van der Waals surface area contributed by atoms with Gasteiger partial charge in [-0.25, -0.2) is 0 Å². The molecule has 0 fully saturated rings. The molecule has 1 heterocycles. The van der Waals surface area contributed by atoms with Gasteiger partial charge in [-0.05, 0) is 13.8 Å². The van der Waals surface area contributed by atoms with Crippen LogP contribution in [0, 0.1) is 0 Å². The number of rotatable bonds is 1. The van der Waals surface area contributed by atoms with E-state index in [1.807, 2.05) is 0 Å². The first-order valence-corrected chi connectivity index (χ1v) is 4.27. The molecular weight excluding hydrogens is 201 g/mol. The van der Waals surface area contributed by atoms with Crippen molar-refractivity contribution in [2.75, 3.05) is 0 Å². The van der Waals surface area contributed by atoms with E-state index >= 15 is 0 Å². The quantitative estimate of drug-likeness (QED) is 0.638. The van der Waals surface area contributed by atoms with Crippen LogP contribution in [0.25, 0.3) is 0 Å². The van der Waals surface area contributed by atoms with Gasteiger partial charge >= 0.3 is 6.18 Å². The van der Waals surface area contributed by atoms with Crippen molar-refractivity contribution in [3.8, 4) is 0 Å². The predicted octanol–water partition coefficient (Wildman–Crippen LogP) is 1.97. The fourth-order valence-electron chi connectivity index (χ4n) is 1.03. The average molecular weight is 212 g/mol. The number of hydrazone groups is 1. The monoisotopic (exact) mass is 212 g/mol. The van der Waals surface area contributed by atoms with Gasteiger partial charge in [-0.2, -0.15) is 30.9 Å². The fraction of sp³-hybridized carbons (Fsp3) is 0.857. The van der Waals surface area contributed by atoms with E-state index in [0.29, 0.717) is 0 Å². The van der Waals surface area contributed by atoms with Crippen LogP contribution in [0.2, 0.25) is 0 Å². The van der Waals surface area contributed by atoms with Crippen molar-refractivity contribution < 1.29 is 13.2 Å². The van der Waals surface area contributed by atoms with E-state index in [2.05, 4.69) is 23.2 Å². The molecule has 0 aliphatic carbocycles. The lowest BCUT2D eigenvalue weighted by atomic mass is 9.99. The summed E-state index contributed by atoms with van der Waals surface area (Å²) in [4.78, 5) is 0. The van der Waals surface area contributed by atoms with Gasteiger partial charge in [0.2, 0.25) is 0 Å². The highest BCUT2D eigenvalue weighted by Gasteiger charge is 2.43. The van der Waals surface area contributed by atoms with E-state index in [9.17, 15) is 13.2 Å². The molecule has 6 heteroatoms. The maximum Gasteiger partial charge on any atom is 0.431 e. The largest absolute Gasteiger partial charge is 0.431 e. The standard InChI is InChI=1S/C7H11F3N2S/c1-6(2,13)4-3-5(12-11-4)7(8,9)10/h4,11,13H,3H2,1-2H3. The van der Waals surface area contributed by atoms with E-state index < -0.39 is 16.6 Å². The van der Waals surface area contributed by atoms with Gasteiger partial charge < -0.3 is 5.43 Å². The van der Waals surface area contributed by atoms with E-state index in [-0.39, 0.29) is 12.5 Å². The summed E-state index contributed by atoms with van der Waals surface area (Å²) in [6.45, 7) is 3.51. The Labute approximate surface area is 80.0 Å². The molecule has 76 valence electrons. The van der Waals surface area contributed by atoms with Crippen molar-refractivity contribution >= 4 is 18.3 Å². The highest BCUT2D eigenvalue weighted by molar-refractivity contribution is 7.81. The third kappa shape index (κ3) is 2.52. The molecule has 0 amide bonds. The molecule has 0 aromatic heterocycles. The number of hydrogen-bond acceptors (Lipinski definition) is 3. The molecule has 0 spiro atoms. The lowest BCUT2D eigenvalue weighted by Gasteiger charge is -2.25. The first-order valence-electron chi connectivity index (χ1n) is 3.83. The smallest absolute Gasteiger partial charge is 0.305 e. The van der Waals surface area contributed by atoms with Crippen LogP contribution in [0.3, 0.4) is 0 Å². The van der Waals surface area contributed by atoms with Crippen LogP contribution in [0.1, 0.15) is 20.3 Å². The minimum atomic E-state index is -4.32. The summed E-state index contributed by atoms with van der Waals surface area (Å²) in [5.74, 6) is 0. The molecule has 13 heavy (non-hydrogen) atoms. The van der Waals surface area contributed by atoms with Crippen molar-refractivity contribution in [3.63, 3.8) is 0 Å². The van der Waals surface area contributed by atoms with Gasteiger partial charge in [0.25, 0.3) is 0 Å². The van der Waals surface area contributed by atoms with Crippen LogP contribution in [0.4, 0.5) is 13.2 Å². The van der Waals surface area contributed by atoms with Crippen molar-refractivity contribution in [3.05, 3.63) is 0 Å². The Morgan fingerprint density at radius 1 is 1.46 bits per heavy atom. The van der Waals surface area contributed by atoms with E-state index in [1.54, 1.807) is 13.8 Å². The van der Waals surface area contributed by atoms with Gasteiger partial charge in [0.1, 0.15) is 5.71 Å². The van der Waals surface area contributed by atoms with Gasteiger partial charge in [-0.1, -0.05) is 0 Å². The van der Waals surface area contributed by atoms with Crippen LogP contribution in [-0.2, 0) is 0 Å². The molecule has 1 N–H and O–H groups in total. The number of nitrogens with one attached hydrogen (secondary N) is 1. The molecule has 1 aliphatic rings. The second-order valence-corrected chi connectivity index (χ2v) is 4.75. The van der Waals surface area contributed by atoms with E-state index in [0.717, 1.165) is 0 Å². The number of alkyl halides is 3. The Morgan fingerprint density at radius 3 is 2.23 bits per heavy atom. The summed E-state index contributed by atoms with van der Waals surface area (Å²) in [7, 11) is 0. The molecule has 1 unspecified atom stereocenters. The van der Waals surface area contributed by atoms with Crippen LogP contribution < -0.4 is 5.43 Å². The molecule has 0 bridgehead atoms. The SMILES string of the molecule is CC(C)(S)C1CC(C(F)(F)F)=NN1. The summed E-state index contributed by atoms with van der Waals surface area (Å²) in [5, 5.41) is 3.25. The van der Waals surface area contributed by atoms with Crippen molar-refractivity contribution in [2.24, 2.45) is 5.10 Å². The van der Waals surface area contributed by atoms with Gasteiger partial charge in [-0.3, -0.25) is 0 Å². The van der Waals surface area contributed by atoms with Crippen LogP contribution in [0.15, 0.2) is 5.10 Å². The topological polar surface area (TPSA) is 24.4 Å². The van der Waals surface area contributed by atoms with Gasteiger partial charge in [0.15, 0.2) is 0 Å². The zero-order valence-corrected chi connectivity index (χ0v) is 8.21. The lowest BCUT2D eigenvalue weighted by molar-refractivity contribution is -0.0600. The number of nitrogens with zero attached hydrogens (tertiary/aromatic N) is 1. The third-order valence-electron chi connectivity index (χ3n) is 1.93. The average Bonchev–Trinajstić information content (AvgIpc) is 2.28. The highest BCUT2D eigenvalue weighted by atomic mass is 32.1. The summed E-state index contributed by atoms with van der Waals surface area (Å²) in [5.41, 5.74) is 1.69. The molecule has 0 saturated heterocycles. The van der Waals surface area contributed by atoms with Crippen LogP contribution >= 0.6 is 12.6 Å². The molecule has 1 rings (SSSR count). The Morgan fingerprint density at radius 2 is 2.00 bits per heavy atom. The van der Waals surface area contributed by atoms with Crippen LogP contribution in [0.5, 0.6) is 0 Å². The minimum Gasteiger partial charge on any atom is -0.305 e. The molecule has 0 aromatic rings. The second-order valence-electron chi connectivity index (χ2n) is 3.60. The zero-order chi connectivity index (χ0) is 10.3. The maximum absolute atomic E-state index is 12.1. The molecule has 1 aliphatic heterocycles. The Kier molecular flexibility index (Phi) is 2.53. The van der Waals surface area contributed by atoms with Gasteiger partial charge in [0, 0.05) is 11.2 Å². The number of hydrogen-bond donors (Lipinski definition) is 2. The molecular formula is C7H11F3N2S.